The highest BCUT2D eigenvalue weighted by atomic mass is 16.4. The summed E-state index contributed by atoms with van der Waals surface area (Å²) < 4.78 is 5.27. The Morgan fingerprint density at radius 2 is 2.06 bits per heavy atom. The first kappa shape index (κ1) is 12.7. The normalized spacial score (nSPS) is 11.0. The summed E-state index contributed by atoms with van der Waals surface area (Å²) in [6.07, 6.45) is 4.02. The summed E-state index contributed by atoms with van der Waals surface area (Å²) >= 11 is 0. The number of phenols is 1. The van der Waals surface area contributed by atoms with Crippen LogP contribution in [-0.2, 0) is 6.42 Å². The van der Waals surface area contributed by atoms with Crippen LogP contribution in [0.5, 0.6) is 5.75 Å². The van der Waals surface area contributed by atoms with E-state index < -0.39 is 0 Å². The zero-order valence-electron chi connectivity index (χ0n) is 10.8. The van der Waals surface area contributed by atoms with E-state index in [1.54, 1.807) is 12.1 Å². The Hall–Kier alpha value is -1.77. The highest BCUT2D eigenvalue weighted by Crippen LogP contribution is 2.23. The quantitative estimate of drug-likeness (QED) is 0.663. The van der Waals surface area contributed by atoms with Gasteiger partial charge in [-0.1, -0.05) is 19.8 Å². The largest absolute Gasteiger partial charge is 0.508 e. The molecule has 0 atom stereocenters. The fraction of sp³-hybridized carbons (Fsp3) is 0.400. The lowest BCUT2D eigenvalue weighted by atomic mass is 10.0. The van der Waals surface area contributed by atoms with E-state index in [0.717, 1.165) is 42.2 Å². The summed E-state index contributed by atoms with van der Waals surface area (Å²) in [7, 11) is 0. The van der Waals surface area contributed by atoms with Crippen molar-refractivity contribution in [2.45, 2.75) is 39.5 Å². The molecule has 96 valence electrons. The Morgan fingerprint density at radius 1 is 1.28 bits per heavy atom. The van der Waals surface area contributed by atoms with Crippen LogP contribution in [-0.4, -0.2) is 5.11 Å². The molecule has 18 heavy (non-hydrogen) atoms. The van der Waals surface area contributed by atoms with Crippen molar-refractivity contribution >= 4 is 11.0 Å². The van der Waals surface area contributed by atoms with Gasteiger partial charge in [-0.3, -0.25) is 0 Å². The number of fused-ring (bicyclic) bond motifs is 1. The second-order valence-electron chi connectivity index (χ2n) is 4.63. The zero-order valence-corrected chi connectivity index (χ0v) is 10.8. The van der Waals surface area contributed by atoms with Gasteiger partial charge in [0, 0.05) is 17.0 Å². The lowest BCUT2D eigenvalue weighted by Gasteiger charge is -2.07. The highest BCUT2D eigenvalue weighted by molar-refractivity contribution is 5.82. The molecule has 0 aliphatic carbocycles. The molecular weight excluding hydrogens is 228 g/mol. The molecule has 1 aromatic heterocycles. The molecule has 0 saturated heterocycles. The number of unbranched alkanes of at least 4 members (excludes halogenated alkanes) is 2. The van der Waals surface area contributed by atoms with Crippen LogP contribution in [0, 0.1) is 6.92 Å². The van der Waals surface area contributed by atoms with E-state index in [1.807, 2.05) is 6.92 Å². The van der Waals surface area contributed by atoms with Gasteiger partial charge < -0.3 is 9.52 Å². The second kappa shape index (κ2) is 5.25. The number of aromatic hydroxyl groups is 1. The molecule has 0 fully saturated rings. The topological polar surface area (TPSA) is 50.4 Å². The fourth-order valence-electron chi connectivity index (χ4n) is 2.22. The van der Waals surface area contributed by atoms with Crippen molar-refractivity contribution in [1.29, 1.82) is 0 Å². The molecule has 3 nitrogen and oxygen atoms in total. The summed E-state index contributed by atoms with van der Waals surface area (Å²) in [6.45, 7) is 4.08. The van der Waals surface area contributed by atoms with E-state index in [0.29, 0.717) is 5.58 Å². The molecule has 0 aliphatic heterocycles. The first-order chi connectivity index (χ1) is 8.63. The van der Waals surface area contributed by atoms with Crippen LogP contribution in [0.15, 0.2) is 27.4 Å². The Kier molecular flexibility index (Phi) is 3.70. The van der Waals surface area contributed by atoms with Crippen LogP contribution >= 0.6 is 0 Å². The SMILES string of the molecule is CCCCCc1c(C)c2ccc(O)cc2oc1=O. The van der Waals surface area contributed by atoms with Gasteiger partial charge in [-0.2, -0.15) is 0 Å². The Morgan fingerprint density at radius 3 is 2.78 bits per heavy atom. The average molecular weight is 246 g/mol. The monoisotopic (exact) mass is 246 g/mol. The molecule has 1 aromatic carbocycles. The molecule has 1 heterocycles. The van der Waals surface area contributed by atoms with Crippen LogP contribution in [0.2, 0.25) is 0 Å². The van der Waals surface area contributed by atoms with E-state index in [2.05, 4.69) is 6.92 Å². The Bertz CT molecular complexity index is 611. The minimum absolute atomic E-state index is 0.115. The minimum Gasteiger partial charge on any atom is -0.508 e. The van der Waals surface area contributed by atoms with Crippen molar-refractivity contribution in [2.24, 2.45) is 0 Å². The molecular formula is C15H18O3. The van der Waals surface area contributed by atoms with Gasteiger partial charge in [0.1, 0.15) is 11.3 Å². The van der Waals surface area contributed by atoms with Crippen LogP contribution in [0.25, 0.3) is 11.0 Å². The zero-order chi connectivity index (χ0) is 13.1. The van der Waals surface area contributed by atoms with E-state index in [9.17, 15) is 9.90 Å². The van der Waals surface area contributed by atoms with Crippen molar-refractivity contribution in [3.8, 4) is 5.75 Å². The number of hydrogen-bond acceptors (Lipinski definition) is 3. The van der Waals surface area contributed by atoms with Gasteiger partial charge in [-0.15, -0.1) is 0 Å². The summed E-state index contributed by atoms with van der Waals surface area (Å²) in [5.41, 5.74) is 1.91. The van der Waals surface area contributed by atoms with Gasteiger partial charge in [0.25, 0.3) is 0 Å². The van der Waals surface area contributed by atoms with E-state index in [4.69, 9.17) is 4.42 Å². The lowest BCUT2D eigenvalue weighted by molar-refractivity contribution is 0.472. The Balaban J connectivity index is 2.48. The standard InChI is InChI=1S/C15H18O3/c1-3-4-5-6-13-10(2)12-8-7-11(16)9-14(12)18-15(13)17/h7-9,16H,3-6H2,1-2H3. The molecule has 0 amide bonds. The average Bonchev–Trinajstić information content (AvgIpc) is 2.33. The molecule has 0 spiro atoms. The van der Waals surface area contributed by atoms with Gasteiger partial charge in [0.15, 0.2) is 0 Å². The highest BCUT2D eigenvalue weighted by Gasteiger charge is 2.11. The van der Waals surface area contributed by atoms with Crippen molar-refractivity contribution in [2.75, 3.05) is 0 Å². The molecule has 0 aliphatic rings. The van der Waals surface area contributed by atoms with Gasteiger partial charge in [0.2, 0.25) is 0 Å². The molecule has 3 heteroatoms. The first-order valence-corrected chi connectivity index (χ1v) is 6.38. The van der Waals surface area contributed by atoms with E-state index in [-0.39, 0.29) is 11.4 Å². The molecule has 0 unspecified atom stereocenters. The minimum atomic E-state index is -0.276. The van der Waals surface area contributed by atoms with Crippen molar-refractivity contribution in [3.63, 3.8) is 0 Å². The molecule has 2 aromatic rings. The summed E-state index contributed by atoms with van der Waals surface area (Å²) in [6, 6.07) is 4.90. The summed E-state index contributed by atoms with van der Waals surface area (Å²) in [4.78, 5) is 11.9. The van der Waals surface area contributed by atoms with Crippen LogP contribution < -0.4 is 5.63 Å². The van der Waals surface area contributed by atoms with Crippen molar-refractivity contribution in [1.82, 2.24) is 0 Å². The maximum absolute atomic E-state index is 11.9. The van der Waals surface area contributed by atoms with Gasteiger partial charge in [-0.05, 0) is 37.5 Å². The third kappa shape index (κ3) is 2.40. The maximum Gasteiger partial charge on any atom is 0.339 e. The van der Waals surface area contributed by atoms with Crippen LogP contribution in [0.4, 0.5) is 0 Å². The second-order valence-corrected chi connectivity index (χ2v) is 4.63. The number of rotatable bonds is 4. The predicted octanol–water partition coefficient (Wildman–Crippen LogP) is 3.54. The van der Waals surface area contributed by atoms with Crippen LogP contribution in [0.3, 0.4) is 0 Å². The predicted molar refractivity (Wildman–Crippen MR) is 72.1 cm³/mol. The lowest BCUT2D eigenvalue weighted by Crippen LogP contribution is -2.10. The van der Waals surface area contributed by atoms with Crippen LogP contribution in [0.1, 0.15) is 37.3 Å². The molecule has 2 rings (SSSR count). The number of benzene rings is 1. The first-order valence-electron chi connectivity index (χ1n) is 6.38. The molecule has 0 radical (unpaired) electrons. The van der Waals surface area contributed by atoms with Crippen molar-refractivity contribution in [3.05, 3.63) is 39.7 Å². The number of phenolic OH excluding ortho intramolecular Hbond substituents is 1. The molecule has 0 bridgehead atoms. The van der Waals surface area contributed by atoms with Crippen molar-refractivity contribution < 1.29 is 9.52 Å². The summed E-state index contributed by atoms with van der Waals surface area (Å²) in [5, 5.41) is 10.3. The maximum atomic E-state index is 11.9. The third-order valence-electron chi connectivity index (χ3n) is 3.30. The number of hydrogen-bond donors (Lipinski definition) is 1. The van der Waals surface area contributed by atoms with Gasteiger partial charge >= 0.3 is 5.63 Å². The third-order valence-corrected chi connectivity index (χ3v) is 3.30. The molecule has 1 N–H and O–H groups in total. The Labute approximate surface area is 106 Å². The van der Waals surface area contributed by atoms with Gasteiger partial charge in [-0.25, -0.2) is 4.79 Å². The summed E-state index contributed by atoms with van der Waals surface area (Å²) in [5.74, 6) is 0.115. The smallest absolute Gasteiger partial charge is 0.339 e. The molecule has 0 saturated carbocycles. The van der Waals surface area contributed by atoms with E-state index in [1.165, 1.54) is 6.07 Å². The van der Waals surface area contributed by atoms with Gasteiger partial charge in [0.05, 0.1) is 0 Å². The fourth-order valence-corrected chi connectivity index (χ4v) is 2.22. The number of aryl methyl sites for hydroxylation is 1. The van der Waals surface area contributed by atoms with E-state index >= 15 is 0 Å².